The van der Waals surface area contributed by atoms with Gasteiger partial charge in [0.25, 0.3) is 0 Å². The van der Waals surface area contributed by atoms with Crippen molar-refractivity contribution in [3.05, 3.63) is 41.6 Å². The molecule has 1 aromatic rings. The Kier molecular flexibility index (Phi) is 5.03. The van der Waals surface area contributed by atoms with Gasteiger partial charge in [0.2, 0.25) is 0 Å². The van der Waals surface area contributed by atoms with Crippen LogP contribution in [0.2, 0.25) is 0 Å². The Bertz CT molecular complexity index is 431. The maximum absolute atomic E-state index is 4.04. The highest BCUT2D eigenvalue weighted by atomic mass is 15.1. The van der Waals surface area contributed by atoms with E-state index in [0.717, 1.165) is 18.5 Å². The molecular weight excluding hydrogens is 232 g/mol. The minimum absolute atomic E-state index is 0.993. The van der Waals surface area contributed by atoms with Crippen molar-refractivity contribution in [1.82, 2.24) is 4.90 Å². The summed E-state index contributed by atoms with van der Waals surface area (Å²) in [6.07, 6.45) is 4.63. The number of anilines is 1. The van der Waals surface area contributed by atoms with Crippen molar-refractivity contribution in [3.8, 4) is 0 Å². The van der Waals surface area contributed by atoms with Crippen molar-refractivity contribution in [2.45, 2.75) is 39.5 Å². The van der Waals surface area contributed by atoms with Crippen LogP contribution in [-0.4, -0.2) is 24.5 Å². The van der Waals surface area contributed by atoms with Crippen molar-refractivity contribution in [1.29, 1.82) is 0 Å². The van der Waals surface area contributed by atoms with Crippen LogP contribution in [-0.2, 0) is 12.8 Å². The van der Waals surface area contributed by atoms with Crippen molar-refractivity contribution >= 4 is 5.69 Å². The fraction of sp³-hybridized carbons (Fsp3) is 0.529. The summed E-state index contributed by atoms with van der Waals surface area (Å²) in [4.78, 5) is 2.58. The zero-order valence-electron chi connectivity index (χ0n) is 12.3. The smallest absolute Gasteiger partial charge is 0.0421 e. The van der Waals surface area contributed by atoms with E-state index >= 15 is 0 Å². The second-order valence-corrected chi connectivity index (χ2v) is 5.44. The van der Waals surface area contributed by atoms with E-state index in [2.05, 4.69) is 48.8 Å². The number of nitrogens with zero attached hydrogens (tertiary/aromatic N) is 1. The Morgan fingerprint density at radius 2 is 1.89 bits per heavy atom. The molecule has 0 fully saturated rings. The van der Waals surface area contributed by atoms with Gasteiger partial charge in [-0.15, -0.1) is 0 Å². The summed E-state index contributed by atoms with van der Waals surface area (Å²) in [5.74, 6) is 0. The van der Waals surface area contributed by atoms with Gasteiger partial charge in [-0.3, -0.25) is 0 Å². The maximum Gasteiger partial charge on any atom is 0.0421 e. The van der Waals surface area contributed by atoms with Gasteiger partial charge >= 0.3 is 0 Å². The van der Waals surface area contributed by atoms with Crippen molar-refractivity contribution in [3.63, 3.8) is 0 Å². The van der Waals surface area contributed by atoms with Gasteiger partial charge in [0.1, 0.15) is 0 Å². The average Bonchev–Trinajstić information content (AvgIpc) is 2.77. The molecule has 0 saturated heterocycles. The quantitative estimate of drug-likeness (QED) is 0.799. The lowest BCUT2D eigenvalue weighted by molar-refractivity contribution is 0.278. The number of allylic oxidation sites excluding steroid dienone is 1. The second kappa shape index (κ2) is 6.76. The monoisotopic (exact) mass is 258 g/mol. The Labute approximate surface area is 117 Å². The first-order chi connectivity index (χ1) is 9.24. The molecule has 104 valence electrons. The first kappa shape index (κ1) is 14.1. The highest BCUT2D eigenvalue weighted by molar-refractivity contribution is 5.64. The predicted molar refractivity (Wildman–Crippen MR) is 83.6 cm³/mol. The molecule has 0 aliphatic carbocycles. The zero-order valence-corrected chi connectivity index (χ0v) is 12.3. The van der Waals surface area contributed by atoms with Crippen LogP contribution in [0.15, 0.2) is 30.5 Å². The first-order valence-corrected chi connectivity index (χ1v) is 7.52. The lowest BCUT2D eigenvalue weighted by atomic mass is 10.0. The van der Waals surface area contributed by atoms with E-state index in [-0.39, 0.29) is 0 Å². The lowest BCUT2D eigenvalue weighted by Gasteiger charge is -2.21. The predicted octanol–water partition coefficient (Wildman–Crippen LogP) is 3.83. The van der Waals surface area contributed by atoms with Gasteiger partial charge in [0.15, 0.2) is 0 Å². The topological polar surface area (TPSA) is 15.3 Å². The van der Waals surface area contributed by atoms with Crippen molar-refractivity contribution in [2.75, 3.05) is 25.0 Å². The summed E-state index contributed by atoms with van der Waals surface area (Å²) in [7, 11) is 0. The van der Waals surface area contributed by atoms with Crippen LogP contribution >= 0.6 is 0 Å². The summed E-state index contributed by atoms with van der Waals surface area (Å²) < 4.78 is 0. The lowest BCUT2D eigenvalue weighted by Crippen LogP contribution is -2.27. The molecule has 2 nitrogen and oxygen atoms in total. The fourth-order valence-corrected chi connectivity index (χ4v) is 2.89. The Morgan fingerprint density at radius 1 is 1.16 bits per heavy atom. The largest absolute Gasteiger partial charge is 0.359 e. The molecule has 1 aliphatic rings. The summed E-state index contributed by atoms with van der Waals surface area (Å²) in [5, 5.41) is 3.37. The molecule has 0 spiro atoms. The zero-order chi connectivity index (χ0) is 13.7. The molecule has 1 aliphatic heterocycles. The third-order valence-electron chi connectivity index (χ3n) is 3.75. The molecule has 2 rings (SSSR count). The average molecular weight is 258 g/mol. The molecule has 2 heteroatoms. The summed E-state index contributed by atoms with van der Waals surface area (Å²) in [5.41, 5.74) is 5.34. The molecule has 0 amide bonds. The van der Waals surface area contributed by atoms with Crippen LogP contribution in [0.25, 0.3) is 0 Å². The van der Waals surface area contributed by atoms with Gasteiger partial charge in [-0.05, 0) is 49.5 Å². The standard InChI is InChI=1S/C17H26N2/c1-4-10-19(11-5-2)12-9-15-7-6-8-17-16(15)13-14(3)18-17/h6-8,18H,3-5,9-13H2,1-2H3. The summed E-state index contributed by atoms with van der Waals surface area (Å²) in [6.45, 7) is 12.2. The third kappa shape index (κ3) is 3.60. The molecule has 1 heterocycles. The normalized spacial score (nSPS) is 13.7. The molecule has 0 radical (unpaired) electrons. The molecule has 19 heavy (non-hydrogen) atoms. The SMILES string of the molecule is C=C1Cc2c(CCN(CCC)CCC)cccc2N1. The van der Waals surface area contributed by atoms with E-state index in [9.17, 15) is 0 Å². The molecule has 0 bridgehead atoms. The van der Waals surface area contributed by atoms with Crippen LogP contribution in [0, 0.1) is 0 Å². The van der Waals surface area contributed by atoms with E-state index < -0.39 is 0 Å². The number of nitrogens with one attached hydrogen (secondary N) is 1. The van der Waals surface area contributed by atoms with Crippen LogP contribution in [0.3, 0.4) is 0 Å². The third-order valence-corrected chi connectivity index (χ3v) is 3.75. The number of hydrogen-bond acceptors (Lipinski definition) is 2. The molecular formula is C17H26N2. The van der Waals surface area contributed by atoms with E-state index in [1.54, 1.807) is 0 Å². The number of fused-ring (bicyclic) bond motifs is 1. The fourth-order valence-electron chi connectivity index (χ4n) is 2.89. The van der Waals surface area contributed by atoms with Gasteiger partial charge in [-0.1, -0.05) is 32.6 Å². The molecule has 1 N–H and O–H groups in total. The molecule has 1 aromatic carbocycles. The van der Waals surface area contributed by atoms with Gasteiger partial charge in [0.05, 0.1) is 0 Å². The molecule has 0 aromatic heterocycles. The van der Waals surface area contributed by atoms with Gasteiger partial charge in [-0.25, -0.2) is 0 Å². The number of rotatable bonds is 7. The minimum atomic E-state index is 0.993. The first-order valence-electron chi connectivity index (χ1n) is 7.52. The summed E-state index contributed by atoms with van der Waals surface area (Å²) in [6, 6.07) is 6.59. The number of benzene rings is 1. The Balaban J connectivity index is 2.00. The van der Waals surface area contributed by atoms with Gasteiger partial charge in [-0.2, -0.15) is 0 Å². The van der Waals surface area contributed by atoms with Gasteiger partial charge in [0, 0.05) is 24.4 Å². The van der Waals surface area contributed by atoms with Crippen LogP contribution < -0.4 is 5.32 Å². The number of hydrogen-bond donors (Lipinski definition) is 1. The minimum Gasteiger partial charge on any atom is -0.359 e. The highest BCUT2D eigenvalue weighted by Gasteiger charge is 2.16. The molecule has 0 saturated carbocycles. The second-order valence-electron chi connectivity index (χ2n) is 5.44. The van der Waals surface area contributed by atoms with Crippen LogP contribution in [0.5, 0.6) is 0 Å². The Morgan fingerprint density at radius 3 is 2.58 bits per heavy atom. The van der Waals surface area contributed by atoms with E-state index in [0.29, 0.717) is 0 Å². The van der Waals surface area contributed by atoms with Gasteiger partial charge < -0.3 is 10.2 Å². The van der Waals surface area contributed by atoms with E-state index in [1.165, 1.54) is 49.3 Å². The van der Waals surface area contributed by atoms with E-state index in [1.807, 2.05) is 0 Å². The molecule has 0 atom stereocenters. The van der Waals surface area contributed by atoms with Crippen molar-refractivity contribution in [2.24, 2.45) is 0 Å². The van der Waals surface area contributed by atoms with Crippen LogP contribution in [0.1, 0.15) is 37.8 Å². The highest BCUT2D eigenvalue weighted by Crippen LogP contribution is 2.30. The Hall–Kier alpha value is -1.28. The van der Waals surface area contributed by atoms with Crippen molar-refractivity contribution < 1.29 is 0 Å². The molecule has 0 unspecified atom stereocenters. The van der Waals surface area contributed by atoms with E-state index in [4.69, 9.17) is 0 Å². The van der Waals surface area contributed by atoms with Crippen LogP contribution in [0.4, 0.5) is 5.69 Å². The summed E-state index contributed by atoms with van der Waals surface area (Å²) >= 11 is 0. The maximum atomic E-state index is 4.04.